The minimum absolute atomic E-state index is 0.274. The summed E-state index contributed by atoms with van der Waals surface area (Å²) in [5.74, 6) is 5.34. The summed E-state index contributed by atoms with van der Waals surface area (Å²) < 4.78 is 1.24. The molecule has 0 saturated carbocycles. The molecule has 0 aliphatic heterocycles. The maximum atomic E-state index is 5.34. The number of benzene rings is 1. The Morgan fingerprint density at radius 1 is 1.50 bits per heavy atom. The lowest BCUT2D eigenvalue weighted by Gasteiger charge is -2.05. The van der Waals surface area contributed by atoms with Gasteiger partial charge in [0.15, 0.2) is 0 Å². The number of hydrogen-bond acceptors (Lipinski definition) is 4. The standard InChI is InChI=1S/C10H13N3S/c1-7(13-11)6-10-12-8-4-2-3-5-9(8)14-10/h2-5,7,13H,6,11H2,1H3. The van der Waals surface area contributed by atoms with Crippen LogP contribution in [-0.4, -0.2) is 11.0 Å². The maximum Gasteiger partial charge on any atom is 0.0954 e. The number of thiazole rings is 1. The topological polar surface area (TPSA) is 50.9 Å². The molecule has 0 fully saturated rings. The van der Waals surface area contributed by atoms with E-state index in [0.717, 1.165) is 16.9 Å². The molecule has 14 heavy (non-hydrogen) atoms. The Kier molecular flexibility index (Phi) is 2.77. The van der Waals surface area contributed by atoms with Crippen LogP contribution in [0.1, 0.15) is 11.9 Å². The molecule has 0 radical (unpaired) electrons. The monoisotopic (exact) mass is 207 g/mol. The van der Waals surface area contributed by atoms with Crippen LogP contribution in [0.25, 0.3) is 10.2 Å². The highest BCUT2D eigenvalue weighted by atomic mass is 32.1. The van der Waals surface area contributed by atoms with Crippen LogP contribution in [0.15, 0.2) is 24.3 Å². The fraction of sp³-hybridized carbons (Fsp3) is 0.300. The van der Waals surface area contributed by atoms with E-state index >= 15 is 0 Å². The first-order valence-corrected chi connectivity index (χ1v) is 5.42. The molecule has 74 valence electrons. The summed E-state index contributed by atoms with van der Waals surface area (Å²) in [5, 5.41) is 1.14. The second kappa shape index (κ2) is 4.04. The first-order valence-electron chi connectivity index (χ1n) is 4.60. The van der Waals surface area contributed by atoms with Gasteiger partial charge in [-0.15, -0.1) is 11.3 Å². The number of nitrogens with one attached hydrogen (secondary N) is 1. The van der Waals surface area contributed by atoms with Gasteiger partial charge >= 0.3 is 0 Å². The molecular weight excluding hydrogens is 194 g/mol. The molecule has 1 aromatic carbocycles. The second-order valence-corrected chi connectivity index (χ2v) is 4.46. The first-order chi connectivity index (χ1) is 6.79. The zero-order valence-electron chi connectivity index (χ0n) is 8.03. The van der Waals surface area contributed by atoms with Crippen molar-refractivity contribution in [1.29, 1.82) is 0 Å². The van der Waals surface area contributed by atoms with E-state index in [1.807, 2.05) is 25.1 Å². The lowest BCUT2D eigenvalue weighted by atomic mass is 10.2. The van der Waals surface area contributed by atoms with Crippen molar-refractivity contribution in [2.24, 2.45) is 5.84 Å². The highest BCUT2D eigenvalue weighted by Gasteiger charge is 2.06. The predicted molar refractivity (Wildman–Crippen MR) is 60.1 cm³/mol. The zero-order valence-corrected chi connectivity index (χ0v) is 8.84. The summed E-state index contributed by atoms with van der Waals surface area (Å²) in [5.41, 5.74) is 3.80. The van der Waals surface area contributed by atoms with Crippen LogP contribution in [-0.2, 0) is 6.42 Å². The van der Waals surface area contributed by atoms with E-state index in [0.29, 0.717) is 0 Å². The number of nitrogens with two attached hydrogens (primary N) is 1. The highest BCUT2D eigenvalue weighted by molar-refractivity contribution is 7.18. The van der Waals surface area contributed by atoms with E-state index in [9.17, 15) is 0 Å². The summed E-state index contributed by atoms with van der Waals surface area (Å²) >= 11 is 1.73. The fourth-order valence-corrected chi connectivity index (χ4v) is 2.42. The Hall–Kier alpha value is -0.970. The number of fused-ring (bicyclic) bond motifs is 1. The summed E-state index contributed by atoms with van der Waals surface area (Å²) in [6.45, 7) is 2.05. The lowest BCUT2D eigenvalue weighted by molar-refractivity contribution is 0.567. The van der Waals surface area contributed by atoms with E-state index in [-0.39, 0.29) is 6.04 Å². The molecular formula is C10H13N3S. The van der Waals surface area contributed by atoms with Crippen LogP contribution < -0.4 is 11.3 Å². The molecule has 0 bridgehead atoms. The average molecular weight is 207 g/mol. The van der Waals surface area contributed by atoms with Crippen LogP contribution in [0, 0.1) is 0 Å². The largest absolute Gasteiger partial charge is 0.271 e. The van der Waals surface area contributed by atoms with Crippen LogP contribution in [0.2, 0.25) is 0 Å². The number of para-hydroxylation sites is 1. The molecule has 4 heteroatoms. The fourth-order valence-electron chi connectivity index (χ4n) is 1.33. The Bertz CT molecular complexity index is 391. The Labute approximate surface area is 86.9 Å². The van der Waals surface area contributed by atoms with Gasteiger partial charge in [-0.3, -0.25) is 11.3 Å². The van der Waals surface area contributed by atoms with Crippen molar-refractivity contribution in [1.82, 2.24) is 10.4 Å². The van der Waals surface area contributed by atoms with Crippen LogP contribution >= 0.6 is 11.3 Å². The van der Waals surface area contributed by atoms with E-state index in [1.165, 1.54) is 4.70 Å². The molecule has 0 aliphatic carbocycles. The third kappa shape index (κ3) is 1.92. The van der Waals surface area contributed by atoms with Crippen molar-refractivity contribution in [3.05, 3.63) is 29.3 Å². The number of nitrogens with zero attached hydrogens (tertiary/aromatic N) is 1. The number of hydrazine groups is 1. The quantitative estimate of drug-likeness (QED) is 0.595. The third-order valence-corrected chi connectivity index (χ3v) is 3.16. The van der Waals surface area contributed by atoms with E-state index in [2.05, 4.69) is 16.5 Å². The minimum atomic E-state index is 0.274. The van der Waals surface area contributed by atoms with Crippen molar-refractivity contribution in [3.8, 4) is 0 Å². The van der Waals surface area contributed by atoms with Gasteiger partial charge in [0.05, 0.1) is 15.2 Å². The molecule has 0 aliphatic rings. The summed E-state index contributed by atoms with van der Waals surface area (Å²) in [4.78, 5) is 4.52. The van der Waals surface area contributed by atoms with Gasteiger partial charge in [-0.2, -0.15) is 0 Å². The molecule has 2 aromatic rings. The van der Waals surface area contributed by atoms with Gasteiger partial charge in [0, 0.05) is 12.5 Å². The normalized spacial score (nSPS) is 13.3. The molecule has 0 saturated heterocycles. The molecule has 1 heterocycles. The Balaban J connectivity index is 2.27. The highest BCUT2D eigenvalue weighted by Crippen LogP contribution is 2.22. The van der Waals surface area contributed by atoms with Gasteiger partial charge in [-0.1, -0.05) is 12.1 Å². The predicted octanol–water partition coefficient (Wildman–Crippen LogP) is 1.69. The van der Waals surface area contributed by atoms with Crippen molar-refractivity contribution in [2.75, 3.05) is 0 Å². The van der Waals surface area contributed by atoms with Crippen molar-refractivity contribution < 1.29 is 0 Å². The van der Waals surface area contributed by atoms with Gasteiger partial charge in [0.2, 0.25) is 0 Å². The van der Waals surface area contributed by atoms with Crippen LogP contribution in [0.5, 0.6) is 0 Å². The first kappa shape index (κ1) is 9.58. The molecule has 1 aromatic heterocycles. The van der Waals surface area contributed by atoms with Gasteiger partial charge in [0.1, 0.15) is 0 Å². The SMILES string of the molecule is CC(Cc1nc2ccccc2s1)NN. The van der Waals surface area contributed by atoms with E-state index < -0.39 is 0 Å². The van der Waals surface area contributed by atoms with Gasteiger partial charge < -0.3 is 0 Å². The molecule has 0 spiro atoms. The number of rotatable bonds is 3. The molecule has 2 rings (SSSR count). The Morgan fingerprint density at radius 2 is 2.29 bits per heavy atom. The zero-order chi connectivity index (χ0) is 9.97. The number of aromatic nitrogens is 1. The summed E-state index contributed by atoms with van der Waals surface area (Å²) in [6.07, 6.45) is 0.885. The molecule has 3 N–H and O–H groups in total. The third-order valence-electron chi connectivity index (χ3n) is 2.10. The molecule has 1 atom stereocenters. The molecule has 0 amide bonds. The minimum Gasteiger partial charge on any atom is -0.271 e. The second-order valence-electron chi connectivity index (χ2n) is 3.35. The molecule has 3 nitrogen and oxygen atoms in total. The summed E-state index contributed by atoms with van der Waals surface area (Å²) in [6, 6.07) is 8.45. The van der Waals surface area contributed by atoms with Gasteiger partial charge in [-0.25, -0.2) is 4.98 Å². The van der Waals surface area contributed by atoms with Crippen LogP contribution in [0.4, 0.5) is 0 Å². The smallest absolute Gasteiger partial charge is 0.0954 e. The maximum absolute atomic E-state index is 5.34. The van der Waals surface area contributed by atoms with Crippen molar-refractivity contribution >= 4 is 21.6 Å². The van der Waals surface area contributed by atoms with Crippen LogP contribution in [0.3, 0.4) is 0 Å². The van der Waals surface area contributed by atoms with Crippen molar-refractivity contribution in [3.63, 3.8) is 0 Å². The van der Waals surface area contributed by atoms with E-state index in [4.69, 9.17) is 5.84 Å². The summed E-state index contributed by atoms with van der Waals surface area (Å²) in [7, 11) is 0. The Morgan fingerprint density at radius 3 is 3.00 bits per heavy atom. The van der Waals surface area contributed by atoms with Gasteiger partial charge in [0.25, 0.3) is 0 Å². The average Bonchev–Trinajstić information content (AvgIpc) is 2.59. The molecule has 1 unspecified atom stereocenters. The lowest BCUT2D eigenvalue weighted by Crippen LogP contribution is -2.33. The number of hydrogen-bond donors (Lipinski definition) is 2. The van der Waals surface area contributed by atoms with Gasteiger partial charge in [-0.05, 0) is 19.1 Å². The van der Waals surface area contributed by atoms with Crippen molar-refractivity contribution in [2.45, 2.75) is 19.4 Å². The van der Waals surface area contributed by atoms with E-state index in [1.54, 1.807) is 11.3 Å².